The third-order valence-electron chi connectivity index (χ3n) is 3.22. The second kappa shape index (κ2) is 6.02. The molecule has 1 unspecified atom stereocenters. The van der Waals surface area contributed by atoms with Crippen LogP contribution >= 0.6 is 27.5 Å². The molecule has 1 aromatic rings. The van der Waals surface area contributed by atoms with E-state index in [4.69, 9.17) is 11.6 Å². The van der Waals surface area contributed by atoms with Crippen LogP contribution in [0.5, 0.6) is 0 Å². The number of amides is 1. The molecule has 0 aromatic heterocycles. The van der Waals surface area contributed by atoms with E-state index in [0.717, 1.165) is 24.6 Å². The molecule has 1 fully saturated rings. The molecule has 0 bridgehead atoms. The minimum Gasteiger partial charge on any atom is -0.335 e. The summed E-state index contributed by atoms with van der Waals surface area (Å²) in [6.07, 6.45) is 3.04. The molecule has 1 atom stereocenters. The molecule has 0 spiro atoms. The maximum atomic E-state index is 13.7. The maximum absolute atomic E-state index is 13.7. The van der Waals surface area contributed by atoms with Crippen LogP contribution in [0.15, 0.2) is 18.2 Å². The van der Waals surface area contributed by atoms with Gasteiger partial charge in [-0.05, 0) is 37.5 Å². The molecule has 1 aliphatic rings. The fourth-order valence-corrected chi connectivity index (χ4v) is 3.09. The number of hydrogen-bond acceptors (Lipinski definition) is 1. The number of carbonyl (C=O) groups is 1. The topological polar surface area (TPSA) is 20.3 Å². The number of hydrogen-bond donors (Lipinski definition) is 0. The molecule has 1 heterocycles. The van der Waals surface area contributed by atoms with E-state index in [1.807, 2.05) is 0 Å². The Balaban J connectivity index is 2.26. The van der Waals surface area contributed by atoms with Crippen LogP contribution in [0.25, 0.3) is 0 Å². The lowest BCUT2D eigenvalue weighted by molar-refractivity contribution is 0.0637. The fourth-order valence-electron chi connectivity index (χ4n) is 2.24. The lowest BCUT2D eigenvalue weighted by Crippen LogP contribution is -2.44. The number of likely N-dealkylation sites (tertiary alicyclic amines) is 1. The molecule has 0 N–H and O–H groups in total. The highest BCUT2D eigenvalue weighted by Gasteiger charge is 2.28. The Bertz CT molecular complexity index is 455. The zero-order valence-corrected chi connectivity index (χ0v) is 12.2. The summed E-state index contributed by atoms with van der Waals surface area (Å²) >= 11 is 9.23. The van der Waals surface area contributed by atoms with Crippen molar-refractivity contribution in [3.05, 3.63) is 34.6 Å². The zero-order valence-electron chi connectivity index (χ0n) is 9.83. The van der Waals surface area contributed by atoms with Gasteiger partial charge in [0.15, 0.2) is 0 Å². The number of piperidine rings is 1. The van der Waals surface area contributed by atoms with Gasteiger partial charge in [0.2, 0.25) is 0 Å². The van der Waals surface area contributed by atoms with E-state index in [1.165, 1.54) is 18.2 Å². The second-order valence-electron chi connectivity index (χ2n) is 4.43. The molecular weight excluding hydrogens is 321 g/mol. The van der Waals surface area contributed by atoms with Crippen molar-refractivity contribution in [2.45, 2.75) is 25.3 Å². The predicted molar refractivity (Wildman–Crippen MR) is 73.9 cm³/mol. The van der Waals surface area contributed by atoms with E-state index in [-0.39, 0.29) is 17.5 Å². The van der Waals surface area contributed by atoms with E-state index in [9.17, 15) is 9.18 Å². The predicted octanol–water partition coefficient (Wildman–Crippen LogP) is 3.87. The van der Waals surface area contributed by atoms with Gasteiger partial charge in [0.25, 0.3) is 5.91 Å². The van der Waals surface area contributed by atoms with Gasteiger partial charge in [0.1, 0.15) is 5.82 Å². The van der Waals surface area contributed by atoms with Crippen LogP contribution in [0.3, 0.4) is 0 Å². The van der Waals surface area contributed by atoms with Crippen LogP contribution < -0.4 is 0 Å². The highest BCUT2D eigenvalue weighted by atomic mass is 79.9. The third kappa shape index (κ3) is 2.86. The van der Waals surface area contributed by atoms with Crippen molar-refractivity contribution in [2.24, 2.45) is 0 Å². The number of benzene rings is 1. The third-order valence-corrected chi connectivity index (χ3v) is 4.21. The maximum Gasteiger partial charge on any atom is 0.257 e. The normalized spacial score (nSPS) is 19.9. The van der Waals surface area contributed by atoms with E-state index < -0.39 is 5.82 Å². The Kier molecular flexibility index (Phi) is 4.62. The Labute approximate surface area is 119 Å². The van der Waals surface area contributed by atoms with Crippen molar-refractivity contribution >= 4 is 33.4 Å². The summed E-state index contributed by atoms with van der Waals surface area (Å²) in [6, 6.07) is 4.23. The first-order valence-electron chi connectivity index (χ1n) is 5.95. The van der Waals surface area contributed by atoms with Gasteiger partial charge in [-0.15, -0.1) is 0 Å². The van der Waals surface area contributed by atoms with Gasteiger partial charge in [0, 0.05) is 22.9 Å². The van der Waals surface area contributed by atoms with Gasteiger partial charge in [-0.2, -0.15) is 0 Å². The minimum absolute atomic E-state index is 0.0651. The molecule has 0 aliphatic carbocycles. The van der Waals surface area contributed by atoms with Gasteiger partial charge >= 0.3 is 0 Å². The monoisotopic (exact) mass is 333 g/mol. The largest absolute Gasteiger partial charge is 0.335 e. The lowest BCUT2D eigenvalue weighted by atomic mass is 10.0. The SMILES string of the molecule is O=C(c1cc(Cl)ccc1F)N1CCCCC1CBr. The zero-order chi connectivity index (χ0) is 13.1. The smallest absolute Gasteiger partial charge is 0.257 e. The lowest BCUT2D eigenvalue weighted by Gasteiger charge is -2.34. The molecule has 2 rings (SSSR count). The number of halogens is 3. The molecule has 18 heavy (non-hydrogen) atoms. The summed E-state index contributed by atoms with van der Waals surface area (Å²) in [6.45, 7) is 0.682. The van der Waals surface area contributed by atoms with E-state index >= 15 is 0 Å². The Morgan fingerprint density at radius 1 is 1.50 bits per heavy atom. The summed E-state index contributed by atoms with van der Waals surface area (Å²) in [5.74, 6) is -0.776. The van der Waals surface area contributed by atoms with Crippen LogP contribution in [0, 0.1) is 5.82 Å². The Hall–Kier alpha value is -0.610. The Morgan fingerprint density at radius 2 is 2.28 bits per heavy atom. The summed E-state index contributed by atoms with van der Waals surface area (Å²) in [7, 11) is 0. The van der Waals surface area contributed by atoms with Gasteiger partial charge < -0.3 is 4.90 Å². The molecule has 1 amide bonds. The number of rotatable bonds is 2. The standard InChI is InChI=1S/C13H14BrClFNO/c14-8-10-3-1-2-6-17(10)13(18)11-7-9(15)4-5-12(11)16/h4-5,7,10H,1-3,6,8H2. The van der Waals surface area contributed by atoms with E-state index in [2.05, 4.69) is 15.9 Å². The highest BCUT2D eigenvalue weighted by molar-refractivity contribution is 9.09. The van der Waals surface area contributed by atoms with Gasteiger partial charge in [-0.1, -0.05) is 27.5 Å². The van der Waals surface area contributed by atoms with E-state index in [0.29, 0.717) is 11.6 Å². The molecule has 2 nitrogen and oxygen atoms in total. The molecule has 0 saturated carbocycles. The Morgan fingerprint density at radius 3 is 3.00 bits per heavy atom. The first-order chi connectivity index (χ1) is 8.63. The van der Waals surface area contributed by atoms with Crippen LogP contribution in [0.4, 0.5) is 4.39 Å². The van der Waals surface area contributed by atoms with Crippen LogP contribution in [-0.4, -0.2) is 28.7 Å². The van der Waals surface area contributed by atoms with Crippen molar-refractivity contribution < 1.29 is 9.18 Å². The molecule has 98 valence electrons. The average Bonchev–Trinajstić information content (AvgIpc) is 2.40. The van der Waals surface area contributed by atoms with Crippen LogP contribution in [0.2, 0.25) is 5.02 Å². The summed E-state index contributed by atoms with van der Waals surface area (Å²) in [4.78, 5) is 14.1. The highest BCUT2D eigenvalue weighted by Crippen LogP contribution is 2.23. The summed E-state index contributed by atoms with van der Waals surface area (Å²) < 4.78 is 13.7. The number of nitrogens with zero attached hydrogens (tertiary/aromatic N) is 1. The average molecular weight is 335 g/mol. The summed E-state index contributed by atoms with van der Waals surface area (Å²) in [5, 5.41) is 1.10. The van der Waals surface area contributed by atoms with Gasteiger partial charge in [-0.25, -0.2) is 4.39 Å². The van der Waals surface area contributed by atoms with Crippen molar-refractivity contribution in [3.8, 4) is 0 Å². The van der Waals surface area contributed by atoms with Crippen molar-refractivity contribution in [1.29, 1.82) is 0 Å². The second-order valence-corrected chi connectivity index (χ2v) is 5.51. The van der Waals surface area contributed by atoms with Crippen molar-refractivity contribution in [2.75, 3.05) is 11.9 Å². The van der Waals surface area contributed by atoms with Gasteiger partial charge in [-0.3, -0.25) is 4.79 Å². The first kappa shape index (κ1) is 13.8. The minimum atomic E-state index is -0.511. The van der Waals surface area contributed by atoms with Gasteiger partial charge in [0.05, 0.1) is 5.56 Å². The molecule has 5 heteroatoms. The van der Waals surface area contributed by atoms with Crippen LogP contribution in [-0.2, 0) is 0 Å². The molecule has 0 radical (unpaired) electrons. The molecular formula is C13H14BrClFNO. The van der Waals surface area contributed by atoms with Crippen molar-refractivity contribution in [3.63, 3.8) is 0 Å². The molecule has 1 aromatic carbocycles. The first-order valence-corrected chi connectivity index (χ1v) is 7.45. The molecule has 1 aliphatic heterocycles. The fraction of sp³-hybridized carbons (Fsp3) is 0.462. The quantitative estimate of drug-likeness (QED) is 0.752. The van der Waals surface area contributed by atoms with Crippen LogP contribution in [0.1, 0.15) is 29.6 Å². The number of carbonyl (C=O) groups excluding carboxylic acids is 1. The van der Waals surface area contributed by atoms with E-state index in [1.54, 1.807) is 4.90 Å². The number of alkyl halides is 1. The molecule has 1 saturated heterocycles. The van der Waals surface area contributed by atoms with Crippen molar-refractivity contribution in [1.82, 2.24) is 4.90 Å². The summed E-state index contributed by atoms with van der Waals surface area (Å²) in [5.41, 5.74) is 0.0651.